The molecule has 6 heteroatoms. The third-order valence-electron chi connectivity index (χ3n) is 6.43. The molecule has 2 heterocycles. The average Bonchev–Trinajstić information content (AvgIpc) is 2.78. The number of rotatable bonds is 8. The summed E-state index contributed by atoms with van der Waals surface area (Å²) >= 11 is 0. The molecule has 0 bridgehead atoms. The number of piperidine rings is 2. The van der Waals surface area contributed by atoms with E-state index in [2.05, 4.69) is 56.6 Å². The van der Waals surface area contributed by atoms with E-state index in [0.717, 1.165) is 45.0 Å². The van der Waals surface area contributed by atoms with Crippen LogP contribution in [0.4, 0.5) is 0 Å². The van der Waals surface area contributed by atoms with Gasteiger partial charge < -0.3 is 20.6 Å². The molecule has 2 fully saturated rings. The highest BCUT2D eigenvalue weighted by Gasteiger charge is 2.19. The van der Waals surface area contributed by atoms with E-state index in [4.69, 9.17) is 0 Å². The molecule has 0 unspecified atom stereocenters. The summed E-state index contributed by atoms with van der Waals surface area (Å²) in [5.74, 6) is 0.901. The smallest absolute Gasteiger partial charge is 0.191 e. The van der Waals surface area contributed by atoms with Gasteiger partial charge >= 0.3 is 0 Å². The summed E-state index contributed by atoms with van der Waals surface area (Å²) in [4.78, 5) is 9.44. The van der Waals surface area contributed by atoms with Crippen LogP contribution in [0.2, 0.25) is 0 Å². The normalized spacial score (nSPS) is 20.4. The van der Waals surface area contributed by atoms with E-state index in [1.54, 1.807) is 0 Å². The van der Waals surface area contributed by atoms with Crippen molar-refractivity contribution >= 4 is 5.96 Å². The fraction of sp³-hybridized carbons (Fsp3) is 0.708. The summed E-state index contributed by atoms with van der Waals surface area (Å²) < 4.78 is 0. The molecule has 30 heavy (non-hydrogen) atoms. The minimum absolute atomic E-state index is 0.105. The Balaban J connectivity index is 1.37. The van der Waals surface area contributed by atoms with Crippen molar-refractivity contribution in [3.63, 3.8) is 0 Å². The first-order chi connectivity index (χ1) is 14.7. The number of aliphatic hydroxyl groups is 1. The van der Waals surface area contributed by atoms with Crippen molar-refractivity contribution in [2.24, 2.45) is 4.99 Å². The summed E-state index contributed by atoms with van der Waals surface area (Å²) in [5.41, 5.74) is 2.61. The quantitative estimate of drug-likeness (QED) is 0.450. The van der Waals surface area contributed by atoms with Crippen LogP contribution in [0.1, 0.15) is 56.6 Å². The van der Waals surface area contributed by atoms with Gasteiger partial charge in [-0.1, -0.05) is 37.6 Å². The van der Waals surface area contributed by atoms with E-state index in [0.29, 0.717) is 6.04 Å². The molecule has 3 rings (SSSR count). The second kappa shape index (κ2) is 12.3. The highest BCUT2D eigenvalue weighted by Crippen LogP contribution is 2.14. The number of unbranched alkanes of at least 4 members (excludes halogenated alkanes) is 1. The highest BCUT2D eigenvalue weighted by atomic mass is 16.3. The van der Waals surface area contributed by atoms with Gasteiger partial charge in [-0.25, -0.2) is 0 Å². The van der Waals surface area contributed by atoms with Crippen LogP contribution in [0.25, 0.3) is 0 Å². The number of nitrogens with zero attached hydrogens (tertiary/aromatic N) is 3. The fourth-order valence-electron chi connectivity index (χ4n) is 4.35. The van der Waals surface area contributed by atoms with E-state index in [1.165, 1.54) is 56.4 Å². The Morgan fingerprint density at radius 3 is 2.27 bits per heavy atom. The molecule has 1 aromatic carbocycles. The van der Waals surface area contributed by atoms with Gasteiger partial charge in [0.1, 0.15) is 0 Å². The Kier molecular flexibility index (Phi) is 9.43. The van der Waals surface area contributed by atoms with Crippen molar-refractivity contribution in [3.8, 4) is 0 Å². The van der Waals surface area contributed by atoms with E-state index >= 15 is 0 Å². The molecular weight excluding hydrogens is 374 g/mol. The first-order valence-electron chi connectivity index (χ1n) is 11.8. The van der Waals surface area contributed by atoms with Gasteiger partial charge in [-0.2, -0.15) is 0 Å². The number of hydrogen-bond acceptors (Lipinski definition) is 4. The van der Waals surface area contributed by atoms with Crippen LogP contribution in [0.15, 0.2) is 29.3 Å². The zero-order valence-electron chi connectivity index (χ0n) is 18.9. The van der Waals surface area contributed by atoms with E-state index < -0.39 is 0 Å². The second-order valence-electron chi connectivity index (χ2n) is 8.86. The van der Waals surface area contributed by atoms with Gasteiger partial charge in [0, 0.05) is 52.4 Å². The Hall–Kier alpha value is -1.63. The van der Waals surface area contributed by atoms with Crippen molar-refractivity contribution in [1.82, 2.24) is 20.4 Å². The Morgan fingerprint density at radius 1 is 1.00 bits per heavy atom. The molecule has 1 aromatic rings. The van der Waals surface area contributed by atoms with Crippen molar-refractivity contribution in [3.05, 3.63) is 35.4 Å². The highest BCUT2D eigenvalue weighted by molar-refractivity contribution is 5.79. The molecule has 2 aliphatic heterocycles. The Labute approximate surface area is 182 Å². The molecule has 0 radical (unpaired) electrons. The van der Waals surface area contributed by atoms with Crippen LogP contribution in [0.5, 0.6) is 0 Å². The fourth-order valence-corrected chi connectivity index (χ4v) is 4.35. The monoisotopic (exact) mass is 415 g/mol. The van der Waals surface area contributed by atoms with Crippen molar-refractivity contribution in [1.29, 1.82) is 0 Å². The summed E-state index contributed by atoms with van der Waals surface area (Å²) in [5, 5.41) is 16.7. The molecule has 2 saturated heterocycles. The predicted octanol–water partition coefficient (Wildman–Crippen LogP) is 2.57. The van der Waals surface area contributed by atoms with E-state index in [1.807, 2.05) is 7.05 Å². The SMILES string of the molecule is CCCCN1CCC(NC(=NC)NCc2ccc(CN3CCC(O)CC3)cc2)CC1. The lowest BCUT2D eigenvalue weighted by Crippen LogP contribution is -2.48. The number of hydrogen-bond donors (Lipinski definition) is 3. The number of benzene rings is 1. The molecular formula is C24H41N5O. The second-order valence-corrected chi connectivity index (χ2v) is 8.86. The molecule has 168 valence electrons. The molecule has 0 aliphatic carbocycles. The van der Waals surface area contributed by atoms with E-state index in [9.17, 15) is 5.11 Å². The van der Waals surface area contributed by atoms with Gasteiger partial charge in [-0.05, 0) is 49.8 Å². The zero-order chi connectivity index (χ0) is 21.2. The van der Waals surface area contributed by atoms with Crippen LogP contribution < -0.4 is 10.6 Å². The maximum atomic E-state index is 9.65. The molecule has 0 amide bonds. The van der Waals surface area contributed by atoms with Crippen molar-refractivity contribution < 1.29 is 5.11 Å². The minimum Gasteiger partial charge on any atom is -0.393 e. The number of guanidine groups is 1. The third kappa shape index (κ3) is 7.56. The average molecular weight is 416 g/mol. The van der Waals surface area contributed by atoms with Gasteiger partial charge in [-0.15, -0.1) is 0 Å². The van der Waals surface area contributed by atoms with Crippen LogP contribution in [0, 0.1) is 0 Å². The minimum atomic E-state index is -0.105. The lowest BCUT2D eigenvalue weighted by Gasteiger charge is -2.33. The zero-order valence-corrected chi connectivity index (χ0v) is 18.9. The molecule has 2 aliphatic rings. The molecule has 3 N–H and O–H groups in total. The topological polar surface area (TPSA) is 63.1 Å². The molecule has 6 nitrogen and oxygen atoms in total. The van der Waals surface area contributed by atoms with Crippen LogP contribution >= 0.6 is 0 Å². The van der Waals surface area contributed by atoms with Crippen LogP contribution in [-0.4, -0.2) is 72.8 Å². The van der Waals surface area contributed by atoms with Crippen molar-refractivity contribution in [2.75, 3.05) is 39.8 Å². The molecule has 0 atom stereocenters. The standard InChI is InChI=1S/C24H41N5O/c1-3-4-13-28-14-9-22(10-15-28)27-24(25-2)26-18-20-5-7-21(8-6-20)19-29-16-11-23(30)12-17-29/h5-8,22-23,30H,3-4,9-19H2,1-2H3,(H2,25,26,27). The van der Waals surface area contributed by atoms with Gasteiger partial charge in [0.25, 0.3) is 0 Å². The third-order valence-corrected chi connectivity index (χ3v) is 6.43. The number of aliphatic hydroxyl groups excluding tert-OH is 1. The van der Waals surface area contributed by atoms with Gasteiger partial charge in [0.2, 0.25) is 0 Å². The van der Waals surface area contributed by atoms with Gasteiger partial charge in [0.05, 0.1) is 6.10 Å². The number of aliphatic imine (C=N–C) groups is 1. The number of likely N-dealkylation sites (tertiary alicyclic amines) is 2. The molecule has 0 spiro atoms. The largest absolute Gasteiger partial charge is 0.393 e. The van der Waals surface area contributed by atoms with Crippen LogP contribution in [-0.2, 0) is 13.1 Å². The summed E-state index contributed by atoms with van der Waals surface area (Å²) in [6.07, 6.45) is 6.64. The summed E-state index contributed by atoms with van der Waals surface area (Å²) in [6.45, 7) is 9.61. The maximum absolute atomic E-state index is 9.65. The first-order valence-corrected chi connectivity index (χ1v) is 11.8. The Morgan fingerprint density at radius 2 is 1.63 bits per heavy atom. The lowest BCUT2D eigenvalue weighted by molar-refractivity contribution is 0.0792. The lowest BCUT2D eigenvalue weighted by atomic mass is 10.0. The van der Waals surface area contributed by atoms with Gasteiger partial charge in [-0.3, -0.25) is 9.89 Å². The van der Waals surface area contributed by atoms with Crippen LogP contribution in [0.3, 0.4) is 0 Å². The molecule has 0 aromatic heterocycles. The number of nitrogens with one attached hydrogen (secondary N) is 2. The molecule has 0 saturated carbocycles. The van der Waals surface area contributed by atoms with Crippen molar-refractivity contribution in [2.45, 2.75) is 70.7 Å². The summed E-state index contributed by atoms with van der Waals surface area (Å²) in [7, 11) is 1.85. The predicted molar refractivity (Wildman–Crippen MR) is 125 cm³/mol. The maximum Gasteiger partial charge on any atom is 0.191 e. The first kappa shape index (κ1) is 23.0. The Bertz CT molecular complexity index is 632. The van der Waals surface area contributed by atoms with E-state index in [-0.39, 0.29) is 6.10 Å². The van der Waals surface area contributed by atoms with Gasteiger partial charge in [0.15, 0.2) is 5.96 Å². The summed E-state index contributed by atoms with van der Waals surface area (Å²) in [6, 6.07) is 9.38.